The molecule has 0 amide bonds. The molecule has 1 rings (SSSR count). The van der Waals surface area contributed by atoms with Crippen molar-refractivity contribution >= 4 is 5.97 Å². The number of carbonyl (C=O) groups excluding carboxylic acids is 1. The average Bonchev–Trinajstić information content (AvgIpc) is 2.59. The summed E-state index contributed by atoms with van der Waals surface area (Å²) in [6.07, 6.45) is 5.86. The molecule has 0 aliphatic rings. The Kier molecular flexibility index (Phi) is 10.6. The summed E-state index contributed by atoms with van der Waals surface area (Å²) in [4.78, 5) is 22.5. The monoisotopic (exact) mass is 362 g/mol. The van der Waals surface area contributed by atoms with Gasteiger partial charge in [-0.2, -0.15) is 0 Å². The Morgan fingerprint density at radius 1 is 1.27 bits per heavy atom. The van der Waals surface area contributed by atoms with Gasteiger partial charge in [-0.15, -0.1) is 11.8 Å². The van der Waals surface area contributed by atoms with E-state index in [-0.39, 0.29) is 19.2 Å². The van der Waals surface area contributed by atoms with Gasteiger partial charge < -0.3 is 19.0 Å². The highest BCUT2D eigenvalue weighted by Crippen LogP contribution is 2.17. The van der Waals surface area contributed by atoms with Crippen LogP contribution in [-0.4, -0.2) is 24.3 Å². The maximum Gasteiger partial charge on any atom is 0.339 e. The van der Waals surface area contributed by atoms with E-state index in [1.165, 1.54) is 13.0 Å². The van der Waals surface area contributed by atoms with Gasteiger partial charge in [0, 0.05) is 38.7 Å². The maximum absolute atomic E-state index is 11.7. The zero-order valence-electron chi connectivity index (χ0n) is 15.4. The summed E-state index contributed by atoms with van der Waals surface area (Å²) in [6.45, 7) is 3.46. The Balaban J connectivity index is 2.59. The lowest BCUT2D eigenvalue weighted by Crippen LogP contribution is -2.05. The van der Waals surface area contributed by atoms with E-state index < -0.39 is 5.63 Å². The molecule has 0 aromatic carbocycles. The van der Waals surface area contributed by atoms with Gasteiger partial charge in [-0.3, -0.25) is 4.79 Å². The lowest BCUT2D eigenvalue weighted by Gasteiger charge is -2.09. The predicted octanol–water partition coefficient (Wildman–Crippen LogP) is 2.97. The van der Waals surface area contributed by atoms with Gasteiger partial charge in [0.2, 0.25) is 0 Å². The third-order valence-electron chi connectivity index (χ3n) is 3.33. The molecule has 0 saturated carbocycles. The second kappa shape index (κ2) is 12.8. The van der Waals surface area contributed by atoms with Crippen LogP contribution in [0.4, 0.5) is 0 Å². The summed E-state index contributed by atoms with van der Waals surface area (Å²) >= 11 is 0. The highest BCUT2D eigenvalue weighted by atomic mass is 16.5. The van der Waals surface area contributed by atoms with Crippen LogP contribution in [0, 0.1) is 11.8 Å². The largest absolute Gasteiger partial charge is 0.462 e. The van der Waals surface area contributed by atoms with E-state index in [4.69, 9.17) is 19.0 Å². The summed E-state index contributed by atoms with van der Waals surface area (Å²) in [5.74, 6) is 7.08. The van der Waals surface area contributed by atoms with Gasteiger partial charge in [0.05, 0.1) is 12.7 Å². The molecule has 142 valence electrons. The fourth-order valence-electron chi connectivity index (χ4n) is 2.09. The molecule has 1 aromatic heterocycles. The molecule has 0 bridgehead atoms. The van der Waals surface area contributed by atoms with Crippen molar-refractivity contribution in [2.75, 3.05) is 13.2 Å². The first-order valence-electron chi connectivity index (χ1n) is 8.76. The highest BCUT2D eigenvalue weighted by Gasteiger charge is 2.06. The van der Waals surface area contributed by atoms with Crippen molar-refractivity contribution in [3.8, 4) is 17.6 Å². The van der Waals surface area contributed by atoms with E-state index in [1.807, 2.05) is 6.92 Å². The average molecular weight is 362 g/mol. The second-order valence-electron chi connectivity index (χ2n) is 5.54. The van der Waals surface area contributed by atoms with E-state index in [2.05, 4.69) is 11.8 Å². The zero-order chi connectivity index (χ0) is 19.2. The minimum absolute atomic E-state index is 0.0834. The summed E-state index contributed by atoms with van der Waals surface area (Å²) in [5, 5.41) is 8.64. The second-order valence-corrected chi connectivity index (χ2v) is 5.54. The number of unbranched alkanes of at least 4 members (excludes halogenated alkanes) is 2. The molecule has 0 radical (unpaired) electrons. The lowest BCUT2D eigenvalue weighted by molar-refractivity contribution is -0.139. The van der Waals surface area contributed by atoms with Gasteiger partial charge in [-0.25, -0.2) is 4.79 Å². The van der Waals surface area contributed by atoms with E-state index in [0.29, 0.717) is 36.5 Å². The van der Waals surface area contributed by atoms with Crippen molar-refractivity contribution in [2.24, 2.45) is 0 Å². The number of ether oxygens (including phenoxy) is 2. The molecular weight excluding hydrogens is 336 g/mol. The van der Waals surface area contributed by atoms with E-state index >= 15 is 0 Å². The molecule has 0 aliphatic heterocycles. The van der Waals surface area contributed by atoms with E-state index in [9.17, 15) is 9.59 Å². The first-order chi connectivity index (χ1) is 12.5. The van der Waals surface area contributed by atoms with Gasteiger partial charge in [0.25, 0.3) is 0 Å². The van der Waals surface area contributed by atoms with E-state index in [1.54, 1.807) is 12.1 Å². The van der Waals surface area contributed by atoms with Crippen molar-refractivity contribution in [2.45, 2.75) is 52.4 Å². The van der Waals surface area contributed by atoms with Crippen LogP contribution >= 0.6 is 0 Å². The molecule has 1 aromatic rings. The Hall–Kier alpha value is -2.52. The van der Waals surface area contributed by atoms with Crippen LogP contribution in [0.2, 0.25) is 0 Å². The first kappa shape index (κ1) is 21.5. The third-order valence-corrected chi connectivity index (χ3v) is 3.33. The number of aliphatic hydroxyl groups excluding tert-OH is 1. The van der Waals surface area contributed by atoms with Crippen molar-refractivity contribution in [3.05, 3.63) is 40.1 Å². The number of rotatable bonds is 10. The molecular formula is C20H26O6. The number of carbonyl (C=O) groups is 1. The van der Waals surface area contributed by atoms with Crippen molar-refractivity contribution in [1.29, 1.82) is 0 Å². The van der Waals surface area contributed by atoms with Crippen LogP contribution in [0.3, 0.4) is 0 Å². The van der Waals surface area contributed by atoms with Gasteiger partial charge >= 0.3 is 11.6 Å². The van der Waals surface area contributed by atoms with Crippen LogP contribution in [-0.2, 0) is 16.0 Å². The fourth-order valence-corrected chi connectivity index (χ4v) is 2.09. The molecule has 1 N–H and O–H groups in total. The molecule has 6 heteroatoms. The Labute approximate surface area is 153 Å². The molecule has 0 unspecified atom stereocenters. The molecule has 0 fully saturated rings. The Morgan fingerprint density at radius 2 is 2.04 bits per heavy atom. The van der Waals surface area contributed by atoms with Crippen LogP contribution in [0.5, 0.6) is 5.75 Å². The van der Waals surface area contributed by atoms with Crippen LogP contribution < -0.4 is 10.4 Å². The lowest BCUT2D eigenvalue weighted by atomic mass is 10.1. The van der Waals surface area contributed by atoms with E-state index in [0.717, 1.165) is 19.3 Å². The fraction of sp³-hybridized carbons (Fsp3) is 0.500. The topological polar surface area (TPSA) is 86.0 Å². The maximum atomic E-state index is 11.7. The minimum Gasteiger partial charge on any atom is -0.462 e. The molecule has 0 aliphatic carbocycles. The number of aryl methyl sites for hydroxylation is 1. The third kappa shape index (κ3) is 9.70. The predicted molar refractivity (Wildman–Crippen MR) is 97.6 cm³/mol. The summed E-state index contributed by atoms with van der Waals surface area (Å²) in [6, 6.07) is 2.99. The number of hydrogen-bond acceptors (Lipinski definition) is 6. The van der Waals surface area contributed by atoms with Crippen molar-refractivity contribution in [3.63, 3.8) is 0 Å². The number of hydrogen-bond donors (Lipinski definition) is 1. The molecule has 26 heavy (non-hydrogen) atoms. The number of aliphatic hydroxyl groups is 1. The van der Waals surface area contributed by atoms with Gasteiger partial charge in [-0.05, 0) is 18.9 Å². The van der Waals surface area contributed by atoms with Gasteiger partial charge in [0.1, 0.15) is 23.9 Å². The smallest absolute Gasteiger partial charge is 0.339 e. The molecule has 0 atom stereocenters. The van der Waals surface area contributed by atoms with Gasteiger partial charge in [-0.1, -0.05) is 6.92 Å². The SMILES string of the molecule is CC/C(=C/COC(C)=O)Oc1cc(CCCCC#CCCO)oc(=O)c1. The molecule has 0 saturated heterocycles. The normalized spacial score (nSPS) is 10.8. The Bertz CT molecular complexity index is 705. The molecule has 0 spiro atoms. The quantitative estimate of drug-likeness (QED) is 0.298. The minimum atomic E-state index is -0.462. The first-order valence-corrected chi connectivity index (χ1v) is 8.76. The zero-order valence-corrected chi connectivity index (χ0v) is 15.4. The van der Waals surface area contributed by atoms with Crippen LogP contribution in [0.1, 0.15) is 51.7 Å². The van der Waals surface area contributed by atoms with Crippen LogP contribution in [0.25, 0.3) is 0 Å². The van der Waals surface area contributed by atoms with Crippen molar-refractivity contribution < 1.29 is 23.8 Å². The standard InChI is InChI=1S/C20H26O6/c1-3-17(11-13-24-16(2)22)25-19-14-18(26-20(23)15-19)10-8-6-4-5-7-9-12-21/h11,14-15,21H,3-4,6,8-10,12-13H2,1-2H3/b17-11-. The Morgan fingerprint density at radius 3 is 2.73 bits per heavy atom. The summed E-state index contributed by atoms with van der Waals surface area (Å²) < 4.78 is 15.8. The van der Waals surface area contributed by atoms with Crippen molar-refractivity contribution in [1.82, 2.24) is 0 Å². The number of allylic oxidation sites excluding steroid dienone is 1. The summed E-state index contributed by atoms with van der Waals surface area (Å²) in [5.41, 5.74) is -0.462. The molecule has 6 nitrogen and oxygen atoms in total. The highest BCUT2D eigenvalue weighted by molar-refractivity contribution is 5.66. The summed E-state index contributed by atoms with van der Waals surface area (Å²) in [7, 11) is 0. The number of esters is 1. The van der Waals surface area contributed by atoms with Crippen LogP contribution in [0.15, 0.2) is 33.2 Å². The molecule has 1 heterocycles. The van der Waals surface area contributed by atoms with Gasteiger partial charge in [0.15, 0.2) is 0 Å².